The van der Waals surface area contributed by atoms with E-state index in [1.54, 1.807) is 0 Å². The van der Waals surface area contributed by atoms with Gasteiger partial charge in [-0.25, -0.2) is 0 Å². The van der Waals surface area contributed by atoms with Gasteiger partial charge in [-0.2, -0.15) is 0 Å². The van der Waals surface area contributed by atoms with Gasteiger partial charge in [0.25, 0.3) is 0 Å². The van der Waals surface area contributed by atoms with E-state index in [-0.39, 0.29) is 36.3 Å². The lowest BCUT2D eigenvalue weighted by atomic mass is 9.55. The molecule has 0 unspecified atom stereocenters. The fourth-order valence-corrected chi connectivity index (χ4v) is 10.1. The fourth-order valence-electron chi connectivity index (χ4n) is 9.27. The van der Waals surface area contributed by atoms with Gasteiger partial charge >= 0.3 is 11.9 Å². The number of hydrogen-bond acceptors (Lipinski definition) is 6. The summed E-state index contributed by atoms with van der Waals surface area (Å²) in [4.78, 5) is 30.5. The van der Waals surface area contributed by atoms with Crippen molar-refractivity contribution in [2.75, 3.05) is 59.5 Å². The number of nitrogens with zero attached hydrogens (tertiary/aromatic N) is 2. The van der Waals surface area contributed by atoms with Crippen molar-refractivity contribution in [3.05, 3.63) is 89.0 Å². The molecule has 0 bridgehead atoms. The average molecular weight is 789 g/mol. The summed E-state index contributed by atoms with van der Waals surface area (Å²) < 4.78 is 12.1. The van der Waals surface area contributed by atoms with Crippen LogP contribution in [-0.2, 0) is 33.6 Å². The first-order valence-electron chi connectivity index (χ1n) is 18.7. The Kier molecular flexibility index (Phi) is 13.6. The molecule has 0 saturated heterocycles. The Morgan fingerprint density at radius 1 is 0.712 bits per heavy atom. The van der Waals surface area contributed by atoms with Crippen molar-refractivity contribution < 1.29 is 19.1 Å². The second-order valence-corrected chi connectivity index (χ2v) is 16.3. The topological polar surface area (TPSA) is 59.1 Å². The van der Waals surface area contributed by atoms with Gasteiger partial charge in [0.1, 0.15) is 11.9 Å². The van der Waals surface area contributed by atoms with Gasteiger partial charge in [0.2, 0.25) is 0 Å². The van der Waals surface area contributed by atoms with Crippen LogP contribution >= 0.6 is 46.4 Å². The molecule has 10 heteroatoms. The van der Waals surface area contributed by atoms with Crippen LogP contribution in [0.1, 0.15) is 67.2 Å². The highest BCUT2D eigenvalue weighted by atomic mass is 35.5. The standard InChI is InChI=1S/C42H50Cl4N2O4/c1-42-17-16-36-35-13-11-34(51-40(49)26-29-2-7-32(8-3-29)47(22-18-43)23-19-44)28-31(35)6-12-37(36)38(42)14-15-39(42)52-41(50)27-30-4-9-33(10-5-30)48(24-20-45)25-21-46/h2-5,7-11,13,28,36-39H,6,12,14-27H2,1H3/t36-,37-,38+,39+,42+/m1/s1. The van der Waals surface area contributed by atoms with Crippen LogP contribution in [0, 0.1) is 17.3 Å². The van der Waals surface area contributed by atoms with Crippen LogP contribution in [0.3, 0.4) is 0 Å². The van der Waals surface area contributed by atoms with E-state index < -0.39 is 0 Å². The van der Waals surface area contributed by atoms with Crippen molar-refractivity contribution >= 4 is 69.7 Å². The van der Waals surface area contributed by atoms with Gasteiger partial charge in [0.15, 0.2) is 0 Å². The maximum absolute atomic E-state index is 13.2. The maximum atomic E-state index is 13.2. The van der Waals surface area contributed by atoms with Crippen LogP contribution in [0.2, 0.25) is 0 Å². The summed E-state index contributed by atoms with van der Waals surface area (Å²) in [6.07, 6.45) is 6.60. The van der Waals surface area contributed by atoms with E-state index in [4.69, 9.17) is 55.9 Å². The molecular formula is C42H50Cl4N2O4. The van der Waals surface area contributed by atoms with E-state index in [2.05, 4.69) is 28.9 Å². The third kappa shape index (κ3) is 9.00. The number of rotatable bonds is 16. The minimum absolute atomic E-state index is 0.0119. The van der Waals surface area contributed by atoms with Gasteiger partial charge in [-0.15, -0.1) is 46.4 Å². The number of carbonyl (C=O) groups is 2. The van der Waals surface area contributed by atoms with E-state index >= 15 is 0 Å². The van der Waals surface area contributed by atoms with Crippen molar-refractivity contribution in [3.8, 4) is 5.75 Å². The molecule has 5 atom stereocenters. The minimum Gasteiger partial charge on any atom is -0.462 e. The largest absolute Gasteiger partial charge is 0.462 e. The van der Waals surface area contributed by atoms with E-state index in [1.807, 2.05) is 54.6 Å². The Morgan fingerprint density at radius 2 is 1.27 bits per heavy atom. The molecule has 3 aromatic carbocycles. The average Bonchev–Trinajstić information content (AvgIpc) is 3.47. The Morgan fingerprint density at radius 3 is 1.83 bits per heavy atom. The lowest BCUT2D eigenvalue weighted by Crippen LogP contribution is -2.45. The molecule has 2 saturated carbocycles. The van der Waals surface area contributed by atoms with Crippen LogP contribution in [0.15, 0.2) is 66.7 Å². The number of alkyl halides is 4. The van der Waals surface area contributed by atoms with Crippen molar-refractivity contribution in [2.24, 2.45) is 17.3 Å². The van der Waals surface area contributed by atoms with Gasteiger partial charge in [0, 0.05) is 66.5 Å². The van der Waals surface area contributed by atoms with Crippen molar-refractivity contribution in [1.29, 1.82) is 0 Å². The van der Waals surface area contributed by atoms with Gasteiger partial charge in [-0.1, -0.05) is 37.3 Å². The first kappa shape index (κ1) is 39.1. The second kappa shape index (κ2) is 18.1. The normalized spacial score (nSPS) is 23.2. The monoisotopic (exact) mass is 786 g/mol. The molecule has 0 radical (unpaired) electrons. The second-order valence-electron chi connectivity index (χ2n) is 14.8. The molecule has 0 spiro atoms. The zero-order valence-corrected chi connectivity index (χ0v) is 33.0. The Hall–Kier alpha value is -2.64. The number of esters is 2. The van der Waals surface area contributed by atoms with Gasteiger partial charge in [-0.05, 0) is 115 Å². The molecular weight excluding hydrogens is 738 g/mol. The van der Waals surface area contributed by atoms with Crippen LogP contribution in [0.5, 0.6) is 5.75 Å². The Balaban J connectivity index is 1.03. The number of halogens is 4. The summed E-state index contributed by atoms with van der Waals surface area (Å²) >= 11 is 23.9. The van der Waals surface area contributed by atoms with Crippen LogP contribution in [-0.4, -0.2) is 67.7 Å². The summed E-state index contributed by atoms with van der Waals surface area (Å²) in [5.41, 5.74) is 6.62. The number of hydrogen-bond donors (Lipinski definition) is 0. The van der Waals surface area contributed by atoms with Crippen LogP contribution in [0.4, 0.5) is 11.4 Å². The molecule has 2 fully saturated rings. The number of aryl methyl sites for hydroxylation is 1. The predicted molar refractivity (Wildman–Crippen MR) is 214 cm³/mol. The van der Waals surface area contributed by atoms with Gasteiger partial charge in [0.05, 0.1) is 12.8 Å². The zero-order valence-electron chi connectivity index (χ0n) is 30.0. The summed E-state index contributed by atoms with van der Waals surface area (Å²) in [5.74, 6) is 3.86. The smallest absolute Gasteiger partial charge is 0.315 e. The molecule has 52 heavy (non-hydrogen) atoms. The summed E-state index contributed by atoms with van der Waals surface area (Å²) in [6, 6.07) is 22.2. The first-order valence-corrected chi connectivity index (χ1v) is 20.8. The lowest BCUT2D eigenvalue weighted by molar-refractivity contribution is -0.156. The van der Waals surface area contributed by atoms with E-state index in [1.165, 1.54) is 11.1 Å². The molecule has 0 amide bonds. The van der Waals surface area contributed by atoms with Crippen LogP contribution in [0.25, 0.3) is 0 Å². The lowest BCUT2D eigenvalue weighted by Gasteiger charge is -2.50. The number of ether oxygens (including phenoxy) is 2. The molecule has 280 valence electrons. The fraction of sp³-hybridized carbons (Fsp3) is 0.524. The Labute approximate surface area is 329 Å². The summed E-state index contributed by atoms with van der Waals surface area (Å²) in [7, 11) is 0. The SMILES string of the molecule is C[C@]12CC[C@@H]3c4ccc(OC(=O)Cc5ccc(N(CCCl)CCCl)cc5)cc4CC[C@H]3[C@@H]1CC[C@@H]2OC(=O)Cc1ccc(N(CCCl)CCCl)cc1. The maximum Gasteiger partial charge on any atom is 0.315 e. The summed E-state index contributed by atoms with van der Waals surface area (Å²) in [5, 5.41) is 0. The molecule has 3 aliphatic carbocycles. The first-order chi connectivity index (χ1) is 25.3. The number of benzene rings is 3. The van der Waals surface area contributed by atoms with Crippen molar-refractivity contribution in [2.45, 2.75) is 70.3 Å². The van der Waals surface area contributed by atoms with Crippen LogP contribution < -0.4 is 14.5 Å². The molecule has 0 aliphatic heterocycles. The minimum atomic E-state index is -0.270. The summed E-state index contributed by atoms with van der Waals surface area (Å²) in [6.45, 7) is 5.24. The highest BCUT2D eigenvalue weighted by Gasteiger charge is 2.56. The van der Waals surface area contributed by atoms with E-state index in [0.29, 0.717) is 60.1 Å². The predicted octanol–water partition coefficient (Wildman–Crippen LogP) is 9.41. The Bertz CT molecular complexity index is 1640. The number of anilines is 2. The van der Waals surface area contributed by atoms with Crippen molar-refractivity contribution in [1.82, 2.24) is 0 Å². The zero-order chi connectivity index (χ0) is 36.7. The highest BCUT2D eigenvalue weighted by Crippen LogP contribution is 2.61. The molecule has 6 rings (SSSR count). The van der Waals surface area contributed by atoms with E-state index in [9.17, 15) is 9.59 Å². The third-order valence-corrected chi connectivity index (χ3v) is 12.5. The molecule has 3 aromatic rings. The molecule has 0 N–H and O–H groups in total. The molecule has 0 aromatic heterocycles. The molecule has 3 aliphatic rings. The third-order valence-electron chi connectivity index (χ3n) is 11.8. The van der Waals surface area contributed by atoms with E-state index in [0.717, 1.165) is 74.1 Å². The van der Waals surface area contributed by atoms with Gasteiger partial charge < -0.3 is 19.3 Å². The highest BCUT2D eigenvalue weighted by molar-refractivity contribution is 6.19. The molecule has 0 heterocycles. The quantitative estimate of drug-likeness (QED) is 0.0820. The molecule has 6 nitrogen and oxygen atoms in total. The van der Waals surface area contributed by atoms with Crippen molar-refractivity contribution in [3.63, 3.8) is 0 Å². The van der Waals surface area contributed by atoms with Gasteiger partial charge in [-0.3, -0.25) is 9.59 Å². The number of carbonyl (C=O) groups excluding carboxylic acids is 2. The number of fused-ring (bicyclic) bond motifs is 5.